The molecular weight excluding hydrogens is 108 g/mol. The van der Waals surface area contributed by atoms with Gasteiger partial charge in [0.1, 0.15) is 0 Å². The molecule has 0 atom stereocenters. The van der Waals surface area contributed by atoms with Crippen molar-refractivity contribution in [2.75, 3.05) is 6.54 Å². The van der Waals surface area contributed by atoms with Crippen LogP contribution in [0.4, 0.5) is 0 Å². The fourth-order valence-electron chi connectivity index (χ4n) is 0.295. The second kappa shape index (κ2) is 6.36. The lowest BCUT2D eigenvalue weighted by Crippen LogP contribution is -1.76. The molecule has 0 aromatic heterocycles. The summed E-state index contributed by atoms with van der Waals surface area (Å²) in [6, 6.07) is 0. The molecule has 0 aliphatic carbocycles. The zero-order valence-electron chi connectivity index (χ0n) is 4.87. The summed E-state index contributed by atoms with van der Waals surface area (Å²) < 4.78 is 0. The van der Waals surface area contributed by atoms with Gasteiger partial charge in [-0.15, -0.1) is 0 Å². The molecule has 0 aliphatic heterocycles. The van der Waals surface area contributed by atoms with Gasteiger partial charge in [-0.3, -0.25) is 0 Å². The molecule has 0 heterocycles. The fourth-order valence-corrected chi connectivity index (χ4v) is 0.295. The number of unbranched alkanes of at least 4 members (excludes halogenated alkanes) is 1. The molecule has 0 aliphatic rings. The van der Waals surface area contributed by atoms with Gasteiger partial charge in [-0.25, -0.2) is 4.99 Å². The predicted octanol–water partition coefficient (Wildman–Crippen LogP) is 1.64. The molecule has 0 bridgehead atoms. The SMILES string of the molecule is CCCC/N=N/OO. The number of hydrogen-bond acceptors (Lipinski definition) is 4. The van der Waals surface area contributed by atoms with Gasteiger partial charge in [-0.1, -0.05) is 13.3 Å². The van der Waals surface area contributed by atoms with Crippen LogP contribution >= 0.6 is 0 Å². The molecule has 0 amide bonds. The molecule has 4 nitrogen and oxygen atoms in total. The van der Waals surface area contributed by atoms with E-state index in [9.17, 15) is 0 Å². The Balaban J connectivity index is 2.80. The van der Waals surface area contributed by atoms with E-state index in [1.807, 2.05) is 0 Å². The molecule has 1 N–H and O–H groups in total. The Labute approximate surface area is 48.1 Å². The van der Waals surface area contributed by atoms with Crippen LogP contribution in [0.1, 0.15) is 19.8 Å². The zero-order chi connectivity index (χ0) is 6.24. The van der Waals surface area contributed by atoms with Crippen molar-refractivity contribution in [3.8, 4) is 0 Å². The highest BCUT2D eigenvalue weighted by Crippen LogP contribution is 1.86. The average molecular weight is 118 g/mol. The Kier molecular flexibility index (Phi) is 5.85. The van der Waals surface area contributed by atoms with Crippen molar-refractivity contribution in [1.82, 2.24) is 0 Å². The van der Waals surface area contributed by atoms with Crippen molar-refractivity contribution in [2.45, 2.75) is 19.8 Å². The topological polar surface area (TPSA) is 54.2 Å². The second-order valence-electron chi connectivity index (χ2n) is 1.38. The van der Waals surface area contributed by atoms with Gasteiger partial charge in [0.25, 0.3) is 0 Å². The van der Waals surface area contributed by atoms with Crippen molar-refractivity contribution in [1.29, 1.82) is 0 Å². The number of hydrogen-bond donors (Lipinski definition) is 1. The van der Waals surface area contributed by atoms with Crippen LogP contribution in [0.3, 0.4) is 0 Å². The number of rotatable bonds is 4. The predicted molar refractivity (Wildman–Crippen MR) is 28.3 cm³/mol. The van der Waals surface area contributed by atoms with Gasteiger partial charge in [0.05, 0.1) is 11.8 Å². The highest BCUT2D eigenvalue weighted by atomic mass is 17.2. The van der Waals surface area contributed by atoms with Gasteiger partial charge in [-0.2, -0.15) is 10.4 Å². The van der Waals surface area contributed by atoms with E-state index in [4.69, 9.17) is 5.26 Å². The molecule has 48 valence electrons. The van der Waals surface area contributed by atoms with Gasteiger partial charge in [0.2, 0.25) is 0 Å². The molecule has 0 aromatic carbocycles. The van der Waals surface area contributed by atoms with E-state index in [0.717, 1.165) is 12.8 Å². The van der Waals surface area contributed by atoms with Crippen molar-refractivity contribution in [3.63, 3.8) is 0 Å². The summed E-state index contributed by atoms with van der Waals surface area (Å²) >= 11 is 0. The molecule has 0 fully saturated rings. The van der Waals surface area contributed by atoms with E-state index in [-0.39, 0.29) is 0 Å². The molecule has 0 rings (SSSR count). The fraction of sp³-hybridized carbons (Fsp3) is 1.00. The first kappa shape index (κ1) is 7.36. The highest BCUT2D eigenvalue weighted by Gasteiger charge is 1.77. The lowest BCUT2D eigenvalue weighted by atomic mass is 10.3. The molecule has 0 aromatic rings. The summed E-state index contributed by atoms with van der Waals surface area (Å²) in [6.45, 7) is 2.67. The molecular formula is C4H10N2O2. The Morgan fingerprint density at radius 1 is 1.62 bits per heavy atom. The maximum absolute atomic E-state index is 7.61. The van der Waals surface area contributed by atoms with Crippen LogP contribution in [-0.4, -0.2) is 11.8 Å². The summed E-state index contributed by atoms with van der Waals surface area (Å²) in [7, 11) is 0. The smallest absolute Gasteiger partial charge is 0.0636 e. The van der Waals surface area contributed by atoms with Crippen molar-refractivity contribution >= 4 is 0 Å². The van der Waals surface area contributed by atoms with Crippen molar-refractivity contribution in [2.24, 2.45) is 10.4 Å². The molecule has 0 unspecified atom stereocenters. The molecule has 0 spiro atoms. The maximum Gasteiger partial charge on any atom is 0.0636 e. The first-order valence-electron chi connectivity index (χ1n) is 2.59. The van der Waals surface area contributed by atoms with Crippen LogP contribution in [0.25, 0.3) is 0 Å². The van der Waals surface area contributed by atoms with E-state index in [0.29, 0.717) is 6.54 Å². The quantitative estimate of drug-likeness (QED) is 0.264. The van der Waals surface area contributed by atoms with Gasteiger partial charge in [-0.05, 0) is 6.42 Å². The second-order valence-corrected chi connectivity index (χ2v) is 1.38. The third-order valence-electron chi connectivity index (χ3n) is 0.706. The Morgan fingerprint density at radius 2 is 2.38 bits per heavy atom. The minimum atomic E-state index is 0.622. The van der Waals surface area contributed by atoms with Crippen molar-refractivity contribution < 1.29 is 10.2 Å². The average Bonchev–Trinajstić information content (AvgIpc) is 1.81. The van der Waals surface area contributed by atoms with E-state index in [1.165, 1.54) is 0 Å². The van der Waals surface area contributed by atoms with Crippen LogP contribution in [0.2, 0.25) is 0 Å². The monoisotopic (exact) mass is 118 g/mol. The van der Waals surface area contributed by atoms with Crippen LogP contribution in [0, 0.1) is 0 Å². The van der Waals surface area contributed by atoms with E-state index < -0.39 is 0 Å². The molecule has 0 saturated carbocycles. The molecule has 0 radical (unpaired) electrons. The zero-order valence-corrected chi connectivity index (χ0v) is 4.87. The van der Waals surface area contributed by atoms with Gasteiger partial charge in [0.15, 0.2) is 0 Å². The molecule has 4 heteroatoms. The normalized spacial score (nSPS) is 10.2. The van der Waals surface area contributed by atoms with E-state index in [1.54, 1.807) is 0 Å². The van der Waals surface area contributed by atoms with Crippen LogP contribution in [0.5, 0.6) is 0 Å². The van der Waals surface area contributed by atoms with Gasteiger partial charge < -0.3 is 0 Å². The summed E-state index contributed by atoms with van der Waals surface area (Å²) in [6.07, 6.45) is 2.05. The lowest BCUT2D eigenvalue weighted by Gasteiger charge is -1.83. The summed E-state index contributed by atoms with van der Waals surface area (Å²) in [5, 5.41) is 13.9. The third-order valence-corrected chi connectivity index (χ3v) is 0.706. The maximum atomic E-state index is 7.61. The van der Waals surface area contributed by atoms with Gasteiger partial charge in [0, 0.05) is 0 Å². The third kappa shape index (κ3) is 5.36. The van der Waals surface area contributed by atoms with Crippen molar-refractivity contribution in [3.05, 3.63) is 0 Å². The Bertz CT molecular complexity index is 65.1. The number of nitrogens with zero attached hydrogens (tertiary/aromatic N) is 2. The van der Waals surface area contributed by atoms with E-state index >= 15 is 0 Å². The lowest BCUT2D eigenvalue weighted by molar-refractivity contribution is -0.251. The first-order chi connectivity index (χ1) is 3.91. The van der Waals surface area contributed by atoms with Crippen LogP contribution in [0.15, 0.2) is 10.4 Å². The van der Waals surface area contributed by atoms with Gasteiger partial charge >= 0.3 is 0 Å². The largest absolute Gasteiger partial charge is 0.203 e. The minimum Gasteiger partial charge on any atom is -0.203 e. The van der Waals surface area contributed by atoms with E-state index in [2.05, 4.69) is 22.3 Å². The molecule has 0 saturated heterocycles. The van der Waals surface area contributed by atoms with Crippen LogP contribution < -0.4 is 0 Å². The minimum absolute atomic E-state index is 0.622. The summed E-state index contributed by atoms with van der Waals surface area (Å²) in [5.74, 6) is 0. The standard InChI is InChI=1S/C4H10N2O2/c1-2-3-4-5-6-8-7/h7H,2-4H2,1H3/b6-5+. The summed E-state index contributed by atoms with van der Waals surface area (Å²) in [4.78, 5) is 3.35. The molecule has 8 heavy (non-hydrogen) atoms. The Morgan fingerprint density at radius 3 is 2.88 bits per heavy atom. The Hall–Kier alpha value is -0.640. The highest BCUT2D eigenvalue weighted by molar-refractivity contribution is 4.34. The van der Waals surface area contributed by atoms with Crippen LogP contribution in [-0.2, 0) is 4.99 Å². The summed E-state index contributed by atoms with van der Waals surface area (Å²) in [5.41, 5.74) is 0. The first-order valence-corrected chi connectivity index (χ1v) is 2.59.